The minimum atomic E-state index is -1.32. The smallest absolute Gasteiger partial charge is 0.0924 e. The summed E-state index contributed by atoms with van der Waals surface area (Å²) in [6.45, 7) is 0. The van der Waals surface area contributed by atoms with E-state index in [-0.39, 0.29) is 19.3 Å². The van der Waals surface area contributed by atoms with Gasteiger partial charge in [-0.15, -0.1) is 0 Å². The van der Waals surface area contributed by atoms with Gasteiger partial charge in [0.05, 0.1) is 11.2 Å². The zero-order chi connectivity index (χ0) is 14.3. The fourth-order valence-electron chi connectivity index (χ4n) is 2.44. The monoisotopic (exact) mass is 340 g/mol. The third kappa shape index (κ3) is 4.01. The molecule has 0 fully saturated rings. The Balaban J connectivity index is 2.22. The van der Waals surface area contributed by atoms with Gasteiger partial charge < -0.3 is 10.2 Å². The highest BCUT2D eigenvalue weighted by Gasteiger charge is 2.40. The van der Waals surface area contributed by atoms with Gasteiger partial charge in [0.1, 0.15) is 0 Å². The Morgan fingerprint density at radius 1 is 0.842 bits per heavy atom. The molecular formula is C13H12Cl4O2. The van der Waals surface area contributed by atoms with E-state index in [0.717, 1.165) is 0 Å². The van der Waals surface area contributed by atoms with Crippen molar-refractivity contribution in [3.63, 3.8) is 0 Å². The summed E-state index contributed by atoms with van der Waals surface area (Å²) in [6.07, 6.45) is 6.50. The Kier molecular flexibility index (Phi) is 4.41. The van der Waals surface area contributed by atoms with E-state index in [0.29, 0.717) is 20.1 Å². The third-order valence-electron chi connectivity index (χ3n) is 2.96. The normalized spacial score (nSPS) is 35.3. The molecule has 2 rings (SSSR count). The summed E-state index contributed by atoms with van der Waals surface area (Å²) < 4.78 is 0. The molecule has 2 unspecified atom stereocenters. The first kappa shape index (κ1) is 15.4. The van der Waals surface area contributed by atoms with E-state index in [1.807, 2.05) is 0 Å². The van der Waals surface area contributed by atoms with Crippen LogP contribution in [0.3, 0.4) is 0 Å². The fraction of sp³-hybridized carbons (Fsp3) is 0.385. The summed E-state index contributed by atoms with van der Waals surface area (Å²) in [6, 6.07) is 0. The van der Waals surface area contributed by atoms with E-state index in [1.165, 1.54) is 12.2 Å². The number of hydrogen-bond acceptors (Lipinski definition) is 2. The van der Waals surface area contributed by atoms with Crippen LogP contribution in [0.1, 0.15) is 19.3 Å². The highest BCUT2D eigenvalue weighted by Crippen LogP contribution is 2.41. The standard InChI is InChI=1S/C13H12Cl4O2/c14-8-1-9(15)4-12(18,3-8)7-13(19)5-10(16)2-11(17)6-13/h1-3,5,18-19H,4,6-7H2. The maximum atomic E-state index is 10.5. The highest BCUT2D eigenvalue weighted by atomic mass is 35.5. The molecule has 0 aromatic rings. The van der Waals surface area contributed by atoms with Crippen molar-refractivity contribution in [2.45, 2.75) is 30.5 Å². The van der Waals surface area contributed by atoms with Crippen LogP contribution in [0, 0.1) is 0 Å². The van der Waals surface area contributed by atoms with Crippen LogP contribution in [-0.2, 0) is 0 Å². The molecule has 2 nitrogen and oxygen atoms in total. The Hall–Kier alpha value is 0.0400. The number of aliphatic hydroxyl groups is 2. The van der Waals surface area contributed by atoms with Crippen LogP contribution < -0.4 is 0 Å². The van der Waals surface area contributed by atoms with Crippen LogP contribution >= 0.6 is 46.4 Å². The summed E-state index contributed by atoms with van der Waals surface area (Å²) in [7, 11) is 0. The van der Waals surface area contributed by atoms with E-state index >= 15 is 0 Å². The lowest BCUT2D eigenvalue weighted by Crippen LogP contribution is -2.41. The van der Waals surface area contributed by atoms with Crippen LogP contribution in [-0.4, -0.2) is 21.4 Å². The molecule has 2 atom stereocenters. The number of hydrogen-bond donors (Lipinski definition) is 2. The van der Waals surface area contributed by atoms with Gasteiger partial charge in [-0.3, -0.25) is 0 Å². The van der Waals surface area contributed by atoms with Crippen LogP contribution in [0.25, 0.3) is 0 Å². The van der Waals surface area contributed by atoms with Crippen LogP contribution in [0.4, 0.5) is 0 Å². The molecule has 2 aliphatic rings. The number of rotatable bonds is 2. The largest absolute Gasteiger partial charge is 0.385 e. The highest BCUT2D eigenvalue weighted by molar-refractivity contribution is 6.35. The number of allylic oxidation sites excluding steroid dienone is 4. The van der Waals surface area contributed by atoms with Gasteiger partial charge in [0.25, 0.3) is 0 Å². The predicted molar refractivity (Wildman–Crippen MR) is 79.5 cm³/mol. The van der Waals surface area contributed by atoms with E-state index < -0.39 is 11.2 Å². The second-order valence-corrected chi connectivity index (χ2v) is 6.82. The van der Waals surface area contributed by atoms with Gasteiger partial charge in [-0.05, 0) is 24.3 Å². The molecule has 0 saturated carbocycles. The van der Waals surface area contributed by atoms with Crippen molar-refractivity contribution in [2.75, 3.05) is 0 Å². The molecular weight excluding hydrogens is 330 g/mol. The molecule has 0 bridgehead atoms. The summed E-state index contributed by atoms with van der Waals surface area (Å²) in [5.41, 5.74) is -2.64. The van der Waals surface area contributed by atoms with Gasteiger partial charge in [0.2, 0.25) is 0 Å². The van der Waals surface area contributed by atoms with E-state index in [4.69, 9.17) is 46.4 Å². The summed E-state index contributed by atoms with van der Waals surface area (Å²) in [5, 5.41) is 22.6. The summed E-state index contributed by atoms with van der Waals surface area (Å²) in [4.78, 5) is 0. The maximum Gasteiger partial charge on any atom is 0.0924 e. The number of halogens is 4. The zero-order valence-electron chi connectivity index (χ0n) is 9.84. The quantitative estimate of drug-likeness (QED) is 0.792. The molecule has 0 spiro atoms. The third-order valence-corrected chi connectivity index (χ3v) is 3.89. The maximum absolute atomic E-state index is 10.5. The Morgan fingerprint density at radius 2 is 1.21 bits per heavy atom. The minimum Gasteiger partial charge on any atom is -0.385 e. The molecule has 0 amide bonds. The van der Waals surface area contributed by atoms with Crippen LogP contribution in [0.5, 0.6) is 0 Å². The SMILES string of the molecule is OC1(CC2(O)C=C(Cl)C=C(Cl)C2)C=C(Cl)C=C(Cl)C1. The van der Waals surface area contributed by atoms with E-state index in [2.05, 4.69) is 0 Å². The minimum absolute atomic E-state index is 0.0144. The first-order valence-corrected chi connectivity index (χ1v) is 7.15. The van der Waals surface area contributed by atoms with Crippen LogP contribution in [0.2, 0.25) is 0 Å². The van der Waals surface area contributed by atoms with Crippen molar-refractivity contribution in [2.24, 2.45) is 0 Å². The topological polar surface area (TPSA) is 40.5 Å². The predicted octanol–water partition coefficient (Wildman–Crippen LogP) is 4.14. The van der Waals surface area contributed by atoms with Gasteiger partial charge >= 0.3 is 0 Å². The van der Waals surface area contributed by atoms with Crippen LogP contribution in [0.15, 0.2) is 44.4 Å². The lowest BCUT2D eigenvalue weighted by molar-refractivity contribution is -0.0115. The van der Waals surface area contributed by atoms with Crippen molar-refractivity contribution in [3.8, 4) is 0 Å². The van der Waals surface area contributed by atoms with Gasteiger partial charge in [-0.1, -0.05) is 46.4 Å². The molecule has 0 aromatic carbocycles. The van der Waals surface area contributed by atoms with Crippen molar-refractivity contribution < 1.29 is 10.2 Å². The van der Waals surface area contributed by atoms with Gasteiger partial charge in [0, 0.05) is 39.4 Å². The fourth-order valence-corrected chi connectivity index (χ4v) is 3.92. The van der Waals surface area contributed by atoms with Gasteiger partial charge in [0.15, 0.2) is 0 Å². The Morgan fingerprint density at radius 3 is 1.53 bits per heavy atom. The molecule has 19 heavy (non-hydrogen) atoms. The molecule has 2 N–H and O–H groups in total. The Bertz CT molecular complexity index is 475. The van der Waals surface area contributed by atoms with Crippen molar-refractivity contribution in [1.29, 1.82) is 0 Å². The summed E-state index contributed by atoms with van der Waals surface area (Å²) >= 11 is 23.7. The molecule has 6 heteroatoms. The lowest BCUT2D eigenvalue weighted by atomic mass is 9.79. The lowest BCUT2D eigenvalue weighted by Gasteiger charge is -2.36. The Labute approximate surface area is 131 Å². The van der Waals surface area contributed by atoms with Gasteiger partial charge in [-0.2, -0.15) is 0 Å². The molecule has 0 radical (unpaired) electrons. The second-order valence-electron chi connectivity index (χ2n) is 4.98. The van der Waals surface area contributed by atoms with Crippen molar-refractivity contribution in [1.82, 2.24) is 0 Å². The van der Waals surface area contributed by atoms with Gasteiger partial charge in [-0.25, -0.2) is 0 Å². The molecule has 104 valence electrons. The molecule has 0 heterocycles. The summed E-state index contributed by atoms with van der Waals surface area (Å²) in [5.74, 6) is 0. The molecule has 0 aromatic heterocycles. The molecule has 0 saturated heterocycles. The molecule has 0 aliphatic heterocycles. The average molecular weight is 342 g/mol. The molecule has 2 aliphatic carbocycles. The zero-order valence-corrected chi connectivity index (χ0v) is 12.9. The van der Waals surface area contributed by atoms with E-state index in [9.17, 15) is 10.2 Å². The average Bonchev–Trinajstić information content (AvgIpc) is 2.08. The van der Waals surface area contributed by atoms with Crippen molar-refractivity contribution >= 4 is 46.4 Å². The first-order chi connectivity index (χ1) is 8.70. The second kappa shape index (κ2) is 5.44. The van der Waals surface area contributed by atoms with Crippen molar-refractivity contribution in [3.05, 3.63) is 44.4 Å². The van der Waals surface area contributed by atoms with E-state index in [1.54, 1.807) is 12.2 Å². The first-order valence-electron chi connectivity index (χ1n) is 5.63.